The van der Waals surface area contributed by atoms with Crippen LogP contribution in [0.5, 0.6) is 0 Å². The maximum Gasteiger partial charge on any atom is 0.134 e. The van der Waals surface area contributed by atoms with Crippen molar-refractivity contribution in [1.82, 2.24) is 4.90 Å². The summed E-state index contributed by atoms with van der Waals surface area (Å²) in [6.07, 6.45) is 2.05. The van der Waals surface area contributed by atoms with Gasteiger partial charge in [0.05, 0.1) is 0 Å². The molecule has 0 radical (unpaired) electrons. The SMILES string of the molecule is C=C(/C=c1/ccc(-c2ccc(/C(C)=C(\C#N)SN)o2)cc1=C)N(CC)CC. The summed E-state index contributed by atoms with van der Waals surface area (Å²) in [5.74, 6) is 1.36. The molecule has 0 bridgehead atoms. The molecule has 0 aliphatic rings. The lowest BCUT2D eigenvalue weighted by Gasteiger charge is -2.20. The molecular weight excluding hydrogens is 354 g/mol. The largest absolute Gasteiger partial charge is 0.456 e. The highest BCUT2D eigenvalue weighted by Gasteiger charge is 2.10. The van der Waals surface area contributed by atoms with Crippen molar-refractivity contribution >= 4 is 30.2 Å². The van der Waals surface area contributed by atoms with E-state index >= 15 is 0 Å². The summed E-state index contributed by atoms with van der Waals surface area (Å²) in [7, 11) is 0. The summed E-state index contributed by atoms with van der Waals surface area (Å²) in [6.45, 7) is 16.2. The molecule has 0 atom stereocenters. The molecule has 4 nitrogen and oxygen atoms in total. The van der Waals surface area contributed by atoms with Crippen molar-refractivity contribution in [3.63, 3.8) is 0 Å². The van der Waals surface area contributed by atoms with E-state index in [0.29, 0.717) is 10.7 Å². The molecule has 0 fully saturated rings. The lowest BCUT2D eigenvalue weighted by molar-refractivity contribution is 0.401. The van der Waals surface area contributed by atoms with Gasteiger partial charge in [-0.2, -0.15) is 5.26 Å². The molecule has 0 saturated heterocycles. The molecular formula is C22H25N3OS. The molecule has 2 aromatic rings. The fourth-order valence-electron chi connectivity index (χ4n) is 2.81. The standard InChI is InChI=1S/C22H25N3OS/c1-6-25(7-2)16(4)13-18-8-9-19(12-15(18)3)21-11-10-20(26-21)17(5)22(14-23)27-24/h8-13H,3-4,6-7,24H2,1-2,5H3/b18-13-,22-17+. The average Bonchev–Trinajstić information content (AvgIpc) is 3.15. The Morgan fingerprint density at radius 3 is 2.56 bits per heavy atom. The molecule has 140 valence electrons. The summed E-state index contributed by atoms with van der Waals surface area (Å²) in [4.78, 5) is 2.64. The highest BCUT2D eigenvalue weighted by Crippen LogP contribution is 2.28. The zero-order valence-electron chi connectivity index (χ0n) is 16.1. The zero-order chi connectivity index (χ0) is 20.0. The molecule has 0 aliphatic carbocycles. The van der Waals surface area contributed by atoms with Crippen LogP contribution in [0.1, 0.15) is 26.5 Å². The second-order valence-electron chi connectivity index (χ2n) is 6.07. The third-order valence-corrected chi connectivity index (χ3v) is 5.09. The number of allylic oxidation sites excluding steroid dienone is 3. The first-order chi connectivity index (χ1) is 12.9. The minimum Gasteiger partial charge on any atom is -0.456 e. The molecule has 1 heterocycles. The van der Waals surface area contributed by atoms with E-state index in [0.717, 1.165) is 58.1 Å². The van der Waals surface area contributed by atoms with Crippen molar-refractivity contribution in [2.24, 2.45) is 5.14 Å². The summed E-state index contributed by atoms with van der Waals surface area (Å²) >= 11 is 0.926. The fraction of sp³-hybridized carbons (Fsp3) is 0.227. The Balaban J connectivity index is 2.37. The van der Waals surface area contributed by atoms with Gasteiger partial charge in [0.2, 0.25) is 0 Å². The minimum absolute atomic E-state index is 0.439. The minimum atomic E-state index is 0.439. The van der Waals surface area contributed by atoms with Crippen LogP contribution in [0.2, 0.25) is 0 Å². The Kier molecular flexibility index (Phi) is 7.12. The molecule has 2 N–H and O–H groups in total. The topological polar surface area (TPSA) is 66.2 Å². The van der Waals surface area contributed by atoms with E-state index in [1.807, 2.05) is 37.3 Å². The van der Waals surface area contributed by atoms with Gasteiger partial charge in [-0.1, -0.05) is 25.3 Å². The number of nitriles is 1. The summed E-state index contributed by atoms with van der Waals surface area (Å²) < 4.78 is 5.92. The fourth-order valence-corrected chi connectivity index (χ4v) is 3.14. The maximum atomic E-state index is 9.12. The molecule has 0 aliphatic heterocycles. The smallest absolute Gasteiger partial charge is 0.134 e. The third-order valence-electron chi connectivity index (χ3n) is 4.45. The normalized spacial score (nSPS) is 12.5. The Morgan fingerprint density at radius 2 is 2.00 bits per heavy atom. The first-order valence-electron chi connectivity index (χ1n) is 8.78. The average molecular weight is 380 g/mol. The molecule has 27 heavy (non-hydrogen) atoms. The Morgan fingerprint density at radius 1 is 1.30 bits per heavy atom. The lowest BCUT2D eigenvalue weighted by atomic mass is 10.1. The first-order valence-corrected chi connectivity index (χ1v) is 9.65. The van der Waals surface area contributed by atoms with Gasteiger partial charge in [0.15, 0.2) is 0 Å². The van der Waals surface area contributed by atoms with Gasteiger partial charge in [-0.3, -0.25) is 5.14 Å². The van der Waals surface area contributed by atoms with Crippen LogP contribution in [0, 0.1) is 11.3 Å². The van der Waals surface area contributed by atoms with E-state index in [4.69, 9.17) is 14.8 Å². The van der Waals surface area contributed by atoms with Crippen molar-refractivity contribution in [3.05, 3.63) is 63.7 Å². The van der Waals surface area contributed by atoms with Gasteiger partial charge in [0, 0.05) is 29.9 Å². The monoisotopic (exact) mass is 379 g/mol. The van der Waals surface area contributed by atoms with Crippen LogP contribution in [-0.4, -0.2) is 18.0 Å². The van der Waals surface area contributed by atoms with Gasteiger partial charge in [-0.25, -0.2) is 0 Å². The molecule has 1 aromatic carbocycles. The summed E-state index contributed by atoms with van der Waals surface area (Å²) in [5, 5.41) is 16.6. The third kappa shape index (κ3) is 4.73. The zero-order valence-corrected chi connectivity index (χ0v) is 16.9. The molecule has 0 unspecified atom stereocenters. The highest BCUT2D eigenvalue weighted by atomic mass is 32.2. The van der Waals surface area contributed by atoms with E-state index < -0.39 is 0 Å². The number of hydrogen-bond acceptors (Lipinski definition) is 5. The number of nitrogens with zero attached hydrogens (tertiary/aromatic N) is 2. The highest BCUT2D eigenvalue weighted by molar-refractivity contribution is 8.01. The molecule has 0 saturated carbocycles. The van der Waals surface area contributed by atoms with E-state index in [2.05, 4.69) is 44.1 Å². The summed E-state index contributed by atoms with van der Waals surface area (Å²) in [6, 6.07) is 11.8. The van der Waals surface area contributed by atoms with E-state index in [1.165, 1.54) is 0 Å². The van der Waals surface area contributed by atoms with Gasteiger partial charge < -0.3 is 9.32 Å². The first kappa shape index (κ1) is 20.6. The van der Waals surface area contributed by atoms with Gasteiger partial charge in [-0.05, 0) is 67.4 Å². The van der Waals surface area contributed by atoms with Crippen LogP contribution < -0.4 is 15.6 Å². The Hall–Kier alpha value is -2.68. The van der Waals surface area contributed by atoms with Crippen LogP contribution in [-0.2, 0) is 0 Å². The number of nitrogens with two attached hydrogens (primary N) is 1. The van der Waals surface area contributed by atoms with E-state index in [1.54, 1.807) is 0 Å². The van der Waals surface area contributed by atoms with Crippen molar-refractivity contribution in [2.75, 3.05) is 13.1 Å². The number of rotatable bonds is 7. The molecule has 2 rings (SSSR count). The number of hydrogen-bond donors (Lipinski definition) is 1. The molecule has 1 aromatic heterocycles. The van der Waals surface area contributed by atoms with Crippen LogP contribution in [0.15, 0.2) is 51.9 Å². The molecule has 0 spiro atoms. The number of benzene rings is 1. The predicted molar refractivity (Wildman–Crippen MR) is 115 cm³/mol. The van der Waals surface area contributed by atoms with Crippen molar-refractivity contribution in [1.29, 1.82) is 5.26 Å². The van der Waals surface area contributed by atoms with Gasteiger partial charge >= 0.3 is 0 Å². The van der Waals surface area contributed by atoms with E-state index in [-0.39, 0.29) is 0 Å². The van der Waals surface area contributed by atoms with Crippen LogP contribution in [0.25, 0.3) is 29.6 Å². The lowest BCUT2D eigenvalue weighted by Crippen LogP contribution is -2.26. The van der Waals surface area contributed by atoms with Crippen molar-refractivity contribution in [2.45, 2.75) is 20.8 Å². The van der Waals surface area contributed by atoms with Crippen molar-refractivity contribution < 1.29 is 4.42 Å². The molecule has 5 heteroatoms. The van der Waals surface area contributed by atoms with Gasteiger partial charge in [0.25, 0.3) is 0 Å². The van der Waals surface area contributed by atoms with Gasteiger partial charge in [-0.15, -0.1) is 0 Å². The van der Waals surface area contributed by atoms with Crippen LogP contribution in [0.4, 0.5) is 0 Å². The summed E-state index contributed by atoms with van der Waals surface area (Å²) in [5.41, 5.74) is 2.64. The maximum absolute atomic E-state index is 9.12. The van der Waals surface area contributed by atoms with E-state index in [9.17, 15) is 0 Å². The second kappa shape index (κ2) is 9.31. The Bertz CT molecular complexity index is 1010. The van der Waals surface area contributed by atoms with Crippen LogP contribution >= 0.6 is 11.9 Å². The quantitative estimate of drug-likeness (QED) is 0.585. The number of furan rings is 1. The Labute approximate surface area is 165 Å². The predicted octanol–water partition coefficient (Wildman–Crippen LogP) is 3.85. The molecule has 0 amide bonds. The van der Waals surface area contributed by atoms with Gasteiger partial charge in [0.1, 0.15) is 22.5 Å². The van der Waals surface area contributed by atoms with Crippen LogP contribution in [0.3, 0.4) is 0 Å². The van der Waals surface area contributed by atoms with Crippen molar-refractivity contribution in [3.8, 4) is 17.4 Å². The second-order valence-corrected chi connectivity index (χ2v) is 6.71.